The van der Waals surface area contributed by atoms with Gasteiger partial charge in [-0.3, -0.25) is 9.59 Å². The quantitative estimate of drug-likeness (QED) is 0.477. The van der Waals surface area contributed by atoms with E-state index < -0.39 is 0 Å². The summed E-state index contributed by atoms with van der Waals surface area (Å²) in [6.07, 6.45) is 0. The number of carbonyl (C=O) groups is 2. The lowest BCUT2D eigenvalue weighted by Crippen LogP contribution is -2.44. The summed E-state index contributed by atoms with van der Waals surface area (Å²) in [5, 5.41) is 5.59. The number of hydrogen-bond acceptors (Lipinski definition) is 4. The van der Waals surface area contributed by atoms with Crippen molar-refractivity contribution >= 4 is 43.7 Å². The van der Waals surface area contributed by atoms with Crippen LogP contribution in [0.5, 0.6) is 11.5 Å². The molecule has 0 spiro atoms. The van der Waals surface area contributed by atoms with Crippen LogP contribution in [0, 0.1) is 27.7 Å². The van der Waals surface area contributed by atoms with Crippen LogP contribution in [0.2, 0.25) is 0 Å². The number of rotatable bonds is 9. The predicted molar refractivity (Wildman–Crippen MR) is 129 cm³/mol. The second-order valence-corrected chi connectivity index (χ2v) is 9.42. The van der Waals surface area contributed by atoms with E-state index in [1.807, 2.05) is 58.9 Å². The minimum absolute atomic E-state index is 0.0881. The fourth-order valence-electron chi connectivity index (χ4n) is 3.21. The molecule has 2 N–H and O–H groups in total. The summed E-state index contributed by atoms with van der Waals surface area (Å²) in [6.45, 7) is 9.66. The Morgan fingerprint density at radius 2 is 1.19 bits per heavy atom. The van der Waals surface area contributed by atoms with Crippen LogP contribution in [0.25, 0.3) is 0 Å². The average molecular weight is 556 g/mol. The third-order valence-electron chi connectivity index (χ3n) is 4.56. The summed E-state index contributed by atoms with van der Waals surface area (Å²) >= 11 is 6.88. The van der Waals surface area contributed by atoms with Crippen molar-refractivity contribution in [3.8, 4) is 11.5 Å². The molecule has 0 radical (unpaired) electrons. The molecule has 2 aromatic carbocycles. The van der Waals surface area contributed by atoms with Crippen LogP contribution in [-0.4, -0.2) is 37.6 Å². The van der Waals surface area contributed by atoms with Gasteiger partial charge >= 0.3 is 0 Å². The minimum Gasteiger partial charge on any atom is -0.483 e. The van der Waals surface area contributed by atoms with Crippen molar-refractivity contribution in [2.24, 2.45) is 0 Å². The lowest BCUT2D eigenvalue weighted by atomic mass is 10.1. The topological polar surface area (TPSA) is 76.7 Å². The summed E-state index contributed by atoms with van der Waals surface area (Å²) in [5.74, 6) is 0.909. The summed E-state index contributed by atoms with van der Waals surface area (Å²) in [7, 11) is 0. The molecule has 0 aliphatic carbocycles. The van der Waals surface area contributed by atoms with Crippen LogP contribution >= 0.6 is 31.9 Å². The highest BCUT2D eigenvalue weighted by Crippen LogP contribution is 2.28. The first kappa shape index (κ1) is 25.2. The maximum Gasteiger partial charge on any atom is 0.258 e. The molecule has 6 nitrogen and oxygen atoms in total. The SMILES string of the molecule is Cc1cc(Br)cc(C)c1OCC(=O)NCC(C)NC(=O)COc1c(C)cc(Br)cc1C. The highest BCUT2D eigenvalue weighted by atomic mass is 79.9. The van der Waals surface area contributed by atoms with Gasteiger partial charge in [0.15, 0.2) is 13.2 Å². The first-order valence-electron chi connectivity index (χ1n) is 9.92. The summed E-state index contributed by atoms with van der Waals surface area (Å²) in [6, 6.07) is 7.52. The second-order valence-electron chi connectivity index (χ2n) is 7.59. The highest BCUT2D eigenvalue weighted by molar-refractivity contribution is 9.10. The Labute approximate surface area is 200 Å². The van der Waals surface area contributed by atoms with Gasteiger partial charge in [0.1, 0.15) is 11.5 Å². The van der Waals surface area contributed by atoms with Crippen LogP contribution in [0.1, 0.15) is 29.2 Å². The van der Waals surface area contributed by atoms with Gasteiger partial charge in [0.05, 0.1) is 0 Å². The first-order valence-corrected chi connectivity index (χ1v) is 11.5. The maximum absolute atomic E-state index is 12.2. The molecule has 0 bridgehead atoms. The van der Waals surface area contributed by atoms with Gasteiger partial charge < -0.3 is 20.1 Å². The highest BCUT2D eigenvalue weighted by Gasteiger charge is 2.13. The van der Waals surface area contributed by atoms with E-state index >= 15 is 0 Å². The molecule has 31 heavy (non-hydrogen) atoms. The molecule has 0 saturated carbocycles. The lowest BCUT2D eigenvalue weighted by Gasteiger charge is -2.17. The number of halogens is 2. The summed E-state index contributed by atoms with van der Waals surface area (Å²) in [4.78, 5) is 24.3. The Kier molecular flexibility index (Phi) is 9.37. The van der Waals surface area contributed by atoms with E-state index in [1.165, 1.54) is 0 Å². The van der Waals surface area contributed by atoms with Crippen molar-refractivity contribution in [2.75, 3.05) is 19.8 Å². The molecule has 0 aliphatic rings. The van der Waals surface area contributed by atoms with Crippen LogP contribution in [0.4, 0.5) is 0 Å². The number of aryl methyl sites for hydroxylation is 4. The second kappa shape index (κ2) is 11.5. The first-order chi connectivity index (χ1) is 14.6. The normalized spacial score (nSPS) is 11.6. The number of carbonyl (C=O) groups excluding carboxylic acids is 2. The van der Waals surface area contributed by atoms with Gasteiger partial charge in [0, 0.05) is 21.5 Å². The molecule has 2 aromatic rings. The van der Waals surface area contributed by atoms with Crippen molar-refractivity contribution in [3.63, 3.8) is 0 Å². The maximum atomic E-state index is 12.2. The van der Waals surface area contributed by atoms with Gasteiger partial charge in [-0.05, 0) is 81.1 Å². The van der Waals surface area contributed by atoms with Gasteiger partial charge in [-0.15, -0.1) is 0 Å². The largest absolute Gasteiger partial charge is 0.483 e. The fourth-order valence-corrected chi connectivity index (χ4v) is 4.58. The van der Waals surface area contributed by atoms with Gasteiger partial charge in [0.25, 0.3) is 11.8 Å². The lowest BCUT2D eigenvalue weighted by molar-refractivity contribution is -0.125. The smallest absolute Gasteiger partial charge is 0.258 e. The number of amides is 2. The van der Waals surface area contributed by atoms with Crippen molar-refractivity contribution < 1.29 is 19.1 Å². The van der Waals surface area contributed by atoms with Gasteiger partial charge in [-0.2, -0.15) is 0 Å². The van der Waals surface area contributed by atoms with Crippen molar-refractivity contribution in [3.05, 3.63) is 55.5 Å². The molecule has 1 atom stereocenters. The molecule has 0 aromatic heterocycles. The zero-order valence-corrected chi connectivity index (χ0v) is 21.6. The Hall–Kier alpha value is -2.06. The summed E-state index contributed by atoms with van der Waals surface area (Å²) in [5.41, 5.74) is 3.82. The van der Waals surface area contributed by atoms with Gasteiger partial charge in [0.2, 0.25) is 0 Å². The average Bonchev–Trinajstić information content (AvgIpc) is 2.64. The van der Waals surface area contributed by atoms with E-state index in [4.69, 9.17) is 9.47 Å². The molecule has 1 unspecified atom stereocenters. The van der Waals surface area contributed by atoms with Crippen LogP contribution in [-0.2, 0) is 9.59 Å². The zero-order chi connectivity index (χ0) is 23.1. The van der Waals surface area contributed by atoms with Crippen molar-refractivity contribution in [1.29, 1.82) is 0 Å². The van der Waals surface area contributed by atoms with E-state index in [2.05, 4.69) is 42.5 Å². The molecule has 2 amide bonds. The molecule has 168 valence electrons. The number of hydrogen-bond donors (Lipinski definition) is 2. The zero-order valence-electron chi connectivity index (χ0n) is 18.4. The van der Waals surface area contributed by atoms with Crippen LogP contribution in [0.15, 0.2) is 33.2 Å². The molecular formula is C23H28Br2N2O4. The third kappa shape index (κ3) is 7.85. The molecular weight excluding hydrogens is 528 g/mol. The Morgan fingerprint density at radius 1 is 0.806 bits per heavy atom. The van der Waals surface area contributed by atoms with Gasteiger partial charge in [-0.25, -0.2) is 0 Å². The monoisotopic (exact) mass is 554 g/mol. The van der Waals surface area contributed by atoms with Crippen molar-refractivity contribution in [2.45, 2.75) is 40.7 Å². The Bertz CT molecular complexity index is 917. The molecule has 8 heteroatoms. The van der Waals surface area contributed by atoms with E-state index in [0.29, 0.717) is 18.0 Å². The number of nitrogens with one attached hydrogen (secondary N) is 2. The fraction of sp³-hybridized carbons (Fsp3) is 0.391. The van der Waals surface area contributed by atoms with Crippen LogP contribution in [0.3, 0.4) is 0 Å². The molecule has 2 rings (SSSR count). The van der Waals surface area contributed by atoms with E-state index in [0.717, 1.165) is 31.2 Å². The minimum atomic E-state index is -0.250. The van der Waals surface area contributed by atoms with E-state index in [-0.39, 0.29) is 31.1 Å². The van der Waals surface area contributed by atoms with Gasteiger partial charge in [-0.1, -0.05) is 31.9 Å². The number of ether oxygens (including phenoxy) is 2. The molecule has 0 aliphatic heterocycles. The molecule has 0 heterocycles. The number of benzene rings is 2. The van der Waals surface area contributed by atoms with E-state index in [9.17, 15) is 9.59 Å². The Morgan fingerprint density at radius 3 is 1.61 bits per heavy atom. The third-order valence-corrected chi connectivity index (χ3v) is 5.47. The predicted octanol–water partition coefficient (Wildman–Crippen LogP) is 4.52. The van der Waals surface area contributed by atoms with Crippen molar-refractivity contribution in [1.82, 2.24) is 10.6 Å². The summed E-state index contributed by atoms with van der Waals surface area (Å²) < 4.78 is 13.3. The van der Waals surface area contributed by atoms with Crippen LogP contribution < -0.4 is 20.1 Å². The van der Waals surface area contributed by atoms with E-state index in [1.54, 1.807) is 0 Å². The Balaban J connectivity index is 1.74. The standard InChI is InChI=1S/C23H28Br2N2O4/c1-13-6-18(24)7-14(2)22(13)30-11-20(28)26-10-17(5)27-21(29)12-31-23-15(3)8-19(25)9-16(23)4/h6-9,17H,10-12H2,1-5H3,(H,26,28)(H,27,29). The molecule has 0 fully saturated rings. The molecule has 0 saturated heterocycles.